The maximum Gasteiger partial charge on any atom is 0.0628 e. The molecule has 0 saturated heterocycles. The van der Waals surface area contributed by atoms with Crippen LogP contribution in [0.5, 0.6) is 0 Å². The Bertz CT molecular complexity index is 311. The summed E-state index contributed by atoms with van der Waals surface area (Å²) in [4.78, 5) is 0. The van der Waals surface area contributed by atoms with Gasteiger partial charge in [0.1, 0.15) is 0 Å². The van der Waals surface area contributed by atoms with E-state index in [9.17, 15) is 0 Å². The van der Waals surface area contributed by atoms with E-state index in [1.54, 1.807) is 0 Å². The molecule has 1 unspecified atom stereocenters. The smallest absolute Gasteiger partial charge is 0.0628 e. The Kier molecular flexibility index (Phi) is 4.33. The van der Waals surface area contributed by atoms with Crippen molar-refractivity contribution in [1.82, 2.24) is 15.1 Å². The summed E-state index contributed by atoms with van der Waals surface area (Å²) in [5, 5.41) is 7.91. The molecular formula is C12H23N3. The van der Waals surface area contributed by atoms with Gasteiger partial charge in [0, 0.05) is 11.7 Å². The van der Waals surface area contributed by atoms with Gasteiger partial charge in [-0.1, -0.05) is 13.8 Å². The molecule has 86 valence electrons. The number of rotatable bonds is 5. The van der Waals surface area contributed by atoms with E-state index in [0.717, 1.165) is 19.4 Å². The molecule has 0 spiro atoms. The fourth-order valence-electron chi connectivity index (χ4n) is 2.06. The average Bonchev–Trinajstić information content (AvgIpc) is 2.50. The first-order chi connectivity index (χ1) is 7.13. The van der Waals surface area contributed by atoms with Crippen molar-refractivity contribution in [2.24, 2.45) is 0 Å². The van der Waals surface area contributed by atoms with E-state index in [2.05, 4.69) is 42.8 Å². The van der Waals surface area contributed by atoms with E-state index in [-0.39, 0.29) is 0 Å². The summed E-state index contributed by atoms with van der Waals surface area (Å²) < 4.78 is 2.14. The molecule has 0 aliphatic carbocycles. The van der Waals surface area contributed by atoms with E-state index in [1.165, 1.54) is 17.0 Å². The number of nitrogens with one attached hydrogen (secondary N) is 1. The Balaban J connectivity index is 2.86. The van der Waals surface area contributed by atoms with Gasteiger partial charge in [-0.3, -0.25) is 4.68 Å². The van der Waals surface area contributed by atoms with Crippen molar-refractivity contribution in [3.05, 3.63) is 17.0 Å². The van der Waals surface area contributed by atoms with Gasteiger partial charge < -0.3 is 5.32 Å². The van der Waals surface area contributed by atoms with E-state index >= 15 is 0 Å². The van der Waals surface area contributed by atoms with Gasteiger partial charge in [0.05, 0.1) is 12.2 Å². The largest absolute Gasteiger partial charge is 0.315 e. The van der Waals surface area contributed by atoms with Crippen LogP contribution in [-0.4, -0.2) is 22.9 Å². The molecule has 1 aromatic rings. The Hall–Kier alpha value is -0.830. The molecule has 3 heteroatoms. The van der Waals surface area contributed by atoms with Gasteiger partial charge in [-0.05, 0) is 39.3 Å². The van der Waals surface area contributed by atoms with Crippen molar-refractivity contribution in [2.75, 3.05) is 7.05 Å². The third kappa shape index (κ3) is 2.59. The molecule has 1 rings (SSSR count). The topological polar surface area (TPSA) is 29.9 Å². The molecule has 15 heavy (non-hydrogen) atoms. The Morgan fingerprint density at radius 2 is 2.00 bits per heavy atom. The average molecular weight is 209 g/mol. The maximum atomic E-state index is 4.59. The van der Waals surface area contributed by atoms with Crippen molar-refractivity contribution in [2.45, 2.75) is 53.1 Å². The lowest BCUT2D eigenvalue weighted by Gasteiger charge is -2.14. The summed E-state index contributed by atoms with van der Waals surface area (Å²) >= 11 is 0. The summed E-state index contributed by atoms with van der Waals surface area (Å²) in [6.07, 6.45) is 2.21. The fraction of sp³-hybridized carbons (Fsp3) is 0.750. The second-order valence-corrected chi connectivity index (χ2v) is 4.08. The highest BCUT2D eigenvalue weighted by molar-refractivity contribution is 5.24. The molecule has 1 heterocycles. The summed E-state index contributed by atoms with van der Waals surface area (Å²) in [6, 6.07) is 0.521. The van der Waals surface area contributed by atoms with E-state index in [1.807, 2.05) is 7.05 Å². The van der Waals surface area contributed by atoms with Gasteiger partial charge in [-0.15, -0.1) is 0 Å². The van der Waals surface area contributed by atoms with E-state index in [0.29, 0.717) is 6.04 Å². The van der Waals surface area contributed by atoms with Crippen molar-refractivity contribution in [3.8, 4) is 0 Å². The summed E-state index contributed by atoms with van der Waals surface area (Å²) in [6.45, 7) is 9.63. The zero-order valence-electron chi connectivity index (χ0n) is 10.6. The van der Waals surface area contributed by atoms with E-state index < -0.39 is 0 Å². The molecule has 3 nitrogen and oxygen atoms in total. The van der Waals surface area contributed by atoms with Gasteiger partial charge in [0.2, 0.25) is 0 Å². The zero-order valence-corrected chi connectivity index (χ0v) is 10.6. The molecule has 1 N–H and O–H groups in total. The number of likely N-dealkylation sites (N-methyl/N-ethyl adjacent to an activating group) is 1. The number of nitrogens with zero attached hydrogens (tertiary/aromatic N) is 2. The highest BCUT2D eigenvalue weighted by atomic mass is 15.3. The lowest BCUT2D eigenvalue weighted by molar-refractivity contribution is 0.436. The van der Waals surface area contributed by atoms with Crippen molar-refractivity contribution < 1.29 is 0 Å². The van der Waals surface area contributed by atoms with Gasteiger partial charge >= 0.3 is 0 Å². The fourth-order valence-corrected chi connectivity index (χ4v) is 2.06. The quantitative estimate of drug-likeness (QED) is 0.804. The number of hydrogen-bond donors (Lipinski definition) is 1. The number of aryl methyl sites for hydroxylation is 1. The van der Waals surface area contributed by atoms with Gasteiger partial charge in [0.15, 0.2) is 0 Å². The SMILES string of the molecule is CCc1c(C)nn(CC(CC)NC)c1C. The van der Waals surface area contributed by atoms with Crippen LogP contribution in [0.25, 0.3) is 0 Å². The predicted molar refractivity (Wildman–Crippen MR) is 64.2 cm³/mol. The van der Waals surface area contributed by atoms with Crippen LogP contribution < -0.4 is 5.32 Å². The standard InChI is InChI=1S/C12H23N3/c1-6-11(13-5)8-15-10(4)12(7-2)9(3)14-15/h11,13H,6-8H2,1-5H3. The summed E-state index contributed by atoms with van der Waals surface area (Å²) in [5.41, 5.74) is 3.91. The third-order valence-electron chi connectivity index (χ3n) is 3.18. The highest BCUT2D eigenvalue weighted by Crippen LogP contribution is 2.14. The predicted octanol–water partition coefficient (Wildman–Crippen LogP) is 2.06. The monoisotopic (exact) mass is 209 g/mol. The van der Waals surface area contributed by atoms with Gasteiger partial charge in [-0.2, -0.15) is 5.10 Å². The Morgan fingerprint density at radius 1 is 1.33 bits per heavy atom. The zero-order chi connectivity index (χ0) is 11.4. The van der Waals surface area contributed by atoms with Crippen LogP contribution in [0.4, 0.5) is 0 Å². The molecule has 0 aliphatic rings. The number of aromatic nitrogens is 2. The van der Waals surface area contributed by atoms with Crippen LogP contribution in [0.15, 0.2) is 0 Å². The molecule has 1 aromatic heterocycles. The van der Waals surface area contributed by atoms with Crippen LogP contribution in [0, 0.1) is 13.8 Å². The summed E-state index contributed by atoms with van der Waals surface area (Å²) in [5.74, 6) is 0. The Labute approximate surface area is 92.9 Å². The van der Waals surface area contributed by atoms with Crippen molar-refractivity contribution in [1.29, 1.82) is 0 Å². The molecule has 0 saturated carbocycles. The second-order valence-electron chi connectivity index (χ2n) is 4.08. The molecule has 0 aliphatic heterocycles. The van der Waals surface area contributed by atoms with E-state index in [4.69, 9.17) is 0 Å². The van der Waals surface area contributed by atoms with Gasteiger partial charge in [-0.25, -0.2) is 0 Å². The third-order valence-corrected chi connectivity index (χ3v) is 3.18. The summed E-state index contributed by atoms with van der Waals surface area (Å²) in [7, 11) is 2.01. The van der Waals surface area contributed by atoms with Crippen LogP contribution >= 0.6 is 0 Å². The van der Waals surface area contributed by atoms with Gasteiger partial charge in [0.25, 0.3) is 0 Å². The van der Waals surface area contributed by atoms with Crippen molar-refractivity contribution >= 4 is 0 Å². The Morgan fingerprint density at radius 3 is 2.40 bits per heavy atom. The number of hydrogen-bond acceptors (Lipinski definition) is 2. The lowest BCUT2D eigenvalue weighted by atomic mass is 10.1. The second kappa shape index (κ2) is 5.31. The molecule has 0 amide bonds. The minimum absolute atomic E-state index is 0.521. The normalized spacial score (nSPS) is 13.1. The molecular weight excluding hydrogens is 186 g/mol. The first-order valence-electron chi connectivity index (χ1n) is 5.84. The first-order valence-corrected chi connectivity index (χ1v) is 5.84. The van der Waals surface area contributed by atoms with Crippen molar-refractivity contribution in [3.63, 3.8) is 0 Å². The first kappa shape index (κ1) is 12.2. The molecule has 0 fully saturated rings. The lowest BCUT2D eigenvalue weighted by Crippen LogP contribution is -2.30. The molecule has 0 radical (unpaired) electrons. The van der Waals surface area contributed by atoms with Crippen LogP contribution in [0.2, 0.25) is 0 Å². The van der Waals surface area contributed by atoms with Crippen LogP contribution in [0.3, 0.4) is 0 Å². The molecule has 0 bridgehead atoms. The van der Waals surface area contributed by atoms with Crippen LogP contribution in [0.1, 0.15) is 37.2 Å². The highest BCUT2D eigenvalue weighted by Gasteiger charge is 2.12. The maximum absolute atomic E-state index is 4.59. The minimum Gasteiger partial charge on any atom is -0.315 e. The minimum atomic E-state index is 0.521. The molecule has 0 aromatic carbocycles. The van der Waals surface area contributed by atoms with Crippen LogP contribution in [-0.2, 0) is 13.0 Å². The molecule has 1 atom stereocenters.